The second kappa shape index (κ2) is 13.1. The Morgan fingerprint density at radius 3 is 2.34 bits per heavy atom. The van der Waals surface area contributed by atoms with Crippen LogP contribution in [0.5, 0.6) is 11.5 Å². The molecule has 0 saturated heterocycles. The summed E-state index contributed by atoms with van der Waals surface area (Å²) in [5.74, 6) is 0.838. The highest BCUT2D eigenvalue weighted by Crippen LogP contribution is 2.33. The minimum absolute atomic E-state index is 0.0260. The van der Waals surface area contributed by atoms with Crippen LogP contribution in [0.25, 0.3) is 6.08 Å². The molecule has 0 radical (unpaired) electrons. The number of hydrogen-bond donors (Lipinski definition) is 1. The van der Waals surface area contributed by atoms with Gasteiger partial charge >= 0.3 is 0 Å². The first kappa shape index (κ1) is 27.2. The maximum Gasteiger partial charge on any atom is 0.266 e. The van der Waals surface area contributed by atoms with Gasteiger partial charge in [-0.2, -0.15) is 5.26 Å². The van der Waals surface area contributed by atoms with Crippen LogP contribution >= 0.6 is 31.9 Å². The molecule has 0 spiro atoms. The molecule has 4 aromatic rings. The molecule has 0 unspecified atom stereocenters. The molecule has 4 aromatic carbocycles. The van der Waals surface area contributed by atoms with Crippen LogP contribution in [0, 0.1) is 11.3 Å². The Balaban J connectivity index is 1.46. The molecule has 1 N–H and O–H groups in total. The SMILES string of the molecule is COc1cc(/C=C(\C#N)C(=O)Nc2ccc(OCc3ccccc3)cc2)cc(Br)c1Cc1ccccc1Br. The van der Waals surface area contributed by atoms with Gasteiger partial charge in [0, 0.05) is 26.6 Å². The van der Waals surface area contributed by atoms with Gasteiger partial charge in [-0.25, -0.2) is 0 Å². The lowest BCUT2D eigenvalue weighted by Gasteiger charge is -2.13. The lowest BCUT2D eigenvalue weighted by molar-refractivity contribution is -0.112. The predicted molar refractivity (Wildman–Crippen MR) is 157 cm³/mol. The van der Waals surface area contributed by atoms with Gasteiger partial charge in [0.2, 0.25) is 0 Å². The third-order valence-corrected chi connectivity index (χ3v) is 7.24. The summed E-state index contributed by atoms with van der Waals surface area (Å²) in [6.45, 7) is 0.453. The van der Waals surface area contributed by atoms with Crippen LogP contribution in [-0.4, -0.2) is 13.0 Å². The lowest BCUT2D eigenvalue weighted by Crippen LogP contribution is -2.13. The van der Waals surface area contributed by atoms with E-state index in [0.29, 0.717) is 35.8 Å². The Hall–Kier alpha value is -3.86. The Kier molecular flexibility index (Phi) is 9.36. The van der Waals surface area contributed by atoms with E-state index in [2.05, 4.69) is 37.2 Å². The van der Waals surface area contributed by atoms with Crippen LogP contribution < -0.4 is 14.8 Å². The number of hydrogen-bond acceptors (Lipinski definition) is 4. The number of carbonyl (C=O) groups excluding carboxylic acids is 1. The molecular weight excluding hydrogens is 608 g/mol. The monoisotopic (exact) mass is 630 g/mol. The van der Waals surface area contributed by atoms with Crippen molar-refractivity contribution < 1.29 is 14.3 Å². The summed E-state index contributed by atoms with van der Waals surface area (Å²) >= 11 is 7.23. The number of amides is 1. The Morgan fingerprint density at radius 2 is 1.66 bits per heavy atom. The van der Waals surface area contributed by atoms with Gasteiger partial charge in [0.05, 0.1) is 7.11 Å². The van der Waals surface area contributed by atoms with Crippen LogP contribution in [-0.2, 0) is 17.8 Å². The summed E-state index contributed by atoms with van der Waals surface area (Å²) in [6.07, 6.45) is 2.19. The number of carbonyl (C=O) groups is 1. The molecule has 0 aromatic heterocycles. The minimum atomic E-state index is -0.502. The van der Waals surface area contributed by atoms with Crippen LogP contribution in [0.1, 0.15) is 22.3 Å². The third-order valence-electron chi connectivity index (χ3n) is 5.76. The van der Waals surface area contributed by atoms with Crippen molar-refractivity contribution in [1.82, 2.24) is 0 Å². The summed E-state index contributed by atoms with van der Waals surface area (Å²) in [4.78, 5) is 12.8. The van der Waals surface area contributed by atoms with Crippen molar-refractivity contribution in [3.05, 3.63) is 128 Å². The Morgan fingerprint density at radius 1 is 0.947 bits per heavy atom. The number of halogens is 2. The van der Waals surface area contributed by atoms with Crippen molar-refractivity contribution >= 4 is 49.5 Å². The zero-order valence-electron chi connectivity index (χ0n) is 20.6. The average Bonchev–Trinajstić information content (AvgIpc) is 2.94. The van der Waals surface area contributed by atoms with Gasteiger partial charge in [-0.15, -0.1) is 0 Å². The first-order valence-electron chi connectivity index (χ1n) is 11.8. The van der Waals surface area contributed by atoms with Crippen LogP contribution in [0.2, 0.25) is 0 Å². The summed E-state index contributed by atoms with van der Waals surface area (Å²) in [5.41, 5.74) is 4.35. The fraction of sp³-hybridized carbons (Fsp3) is 0.0968. The highest BCUT2D eigenvalue weighted by Gasteiger charge is 2.14. The molecule has 5 nitrogen and oxygen atoms in total. The fourth-order valence-corrected chi connectivity index (χ4v) is 4.81. The van der Waals surface area contributed by atoms with Crippen molar-refractivity contribution in [2.24, 2.45) is 0 Å². The maximum atomic E-state index is 12.8. The van der Waals surface area contributed by atoms with E-state index in [1.807, 2.05) is 72.8 Å². The van der Waals surface area contributed by atoms with Crippen LogP contribution in [0.15, 0.2) is 106 Å². The number of ether oxygens (including phenoxy) is 2. The van der Waals surface area contributed by atoms with E-state index in [9.17, 15) is 10.1 Å². The second-order valence-electron chi connectivity index (χ2n) is 8.37. The molecule has 38 heavy (non-hydrogen) atoms. The van der Waals surface area contributed by atoms with Crippen molar-refractivity contribution in [1.29, 1.82) is 5.26 Å². The Bertz CT molecular complexity index is 1490. The highest BCUT2D eigenvalue weighted by atomic mass is 79.9. The summed E-state index contributed by atoms with van der Waals surface area (Å²) in [6, 6.07) is 30.6. The van der Waals surface area contributed by atoms with Gasteiger partial charge in [-0.1, -0.05) is 80.4 Å². The largest absolute Gasteiger partial charge is 0.496 e. The molecule has 4 rings (SSSR count). The van der Waals surface area contributed by atoms with Crippen molar-refractivity contribution in [2.45, 2.75) is 13.0 Å². The first-order chi connectivity index (χ1) is 18.5. The topological polar surface area (TPSA) is 71.3 Å². The molecule has 0 aliphatic carbocycles. The molecule has 190 valence electrons. The van der Waals surface area contributed by atoms with E-state index in [1.54, 1.807) is 37.5 Å². The van der Waals surface area contributed by atoms with Gasteiger partial charge < -0.3 is 14.8 Å². The number of nitrogens with one attached hydrogen (secondary N) is 1. The molecule has 7 heteroatoms. The molecular formula is C31H24Br2N2O3. The van der Waals surface area contributed by atoms with Crippen molar-refractivity contribution in [3.8, 4) is 17.6 Å². The van der Waals surface area contributed by atoms with Crippen LogP contribution in [0.4, 0.5) is 5.69 Å². The predicted octanol–water partition coefficient (Wildman–Crippen LogP) is 7.94. The number of rotatable bonds is 9. The molecule has 0 atom stereocenters. The van der Waals surface area contributed by atoms with Gasteiger partial charge in [-0.05, 0) is 65.2 Å². The normalized spacial score (nSPS) is 10.9. The first-order valence-corrected chi connectivity index (χ1v) is 13.3. The lowest BCUT2D eigenvalue weighted by atomic mass is 10.0. The fourth-order valence-electron chi connectivity index (χ4n) is 3.79. The van der Waals surface area contributed by atoms with E-state index < -0.39 is 5.91 Å². The zero-order valence-corrected chi connectivity index (χ0v) is 23.8. The minimum Gasteiger partial charge on any atom is -0.496 e. The number of benzene rings is 4. The summed E-state index contributed by atoms with van der Waals surface area (Å²) in [5, 5.41) is 12.5. The smallest absolute Gasteiger partial charge is 0.266 e. The number of nitrogens with zero attached hydrogens (tertiary/aromatic N) is 1. The van der Waals surface area contributed by atoms with E-state index >= 15 is 0 Å². The molecule has 0 saturated carbocycles. The number of nitriles is 1. The highest BCUT2D eigenvalue weighted by molar-refractivity contribution is 9.10. The molecule has 0 aliphatic rings. The van der Waals surface area contributed by atoms with Crippen molar-refractivity contribution in [2.75, 3.05) is 12.4 Å². The Labute approximate surface area is 239 Å². The zero-order chi connectivity index (χ0) is 26.9. The van der Waals surface area contributed by atoms with Gasteiger partial charge in [-0.3, -0.25) is 4.79 Å². The van der Waals surface area contributed by atoms with Gasteiger partial charge in [0.1, 0.15) is 29.7 Å². The maximum absolute atomic E-state index is 12.8. The molecule has 0 aliphatic heterocycles. The van der Waals surface area contributed by atoms with Crippen molar-refractivity contribution in [3.63, 3.8) is 0 Å². The summed E-state index contributed by atoms with van der Waals surface area (Å²) < 4.78 is 13.3. The standard InChI is InChI=1S/C31H24Br2N2O3/c1-37-30-17-22(16-29(33)27(30)18-23-9-5-6-10-28(23)32)15-24(19-34)31(36)35-25-11-13-26(14-12-25)38-20-21-7-3-2-4-8-21/h2-17H,18,20H2,1H3,(H,35,36)/b24-15+. The number of anilines is 1. The molecule has 0 heterocycles. The average molecular weight is 632 g/mol. The molecule has 1 amide bonds. The number of methoxy groups -OCH3 is 1. The van der Waals surface area contributed by atoms with E-state index in [-0.39, 0.29) is 5.57 Å². The second-order valence-corrected chi connectivity index (χ2v) is 10.1. The quantitative estimate of drug-likeness (QED) is 0.150. The molecule has 0 bridgehead atoms. The molecule has 0 fully saturated rings. The van der Waals surface area contributed by atoms with Crippen LogP contribution in [0.3, 0.4) is 0 Å². The van der Waals surface area contributed by atoms with Gasteiger partial charge in [0.25, 0.3) is 5.91 Å². The van der Waals surface area contributed by atoms with Gasteiger partial charge in [0.15, 0.2) is 0 Å². The van der Waals surface area contributed by atoms with E-state index in [1.165, 1.54) is 0 Å². The third kappa shape index (κ3) is 7.12. The summed E-state index contributed by atoms with van der Waals surface area (Å²) in [7, 11) is 1.60. The van der Waals surface area contributed by atoms with E-state index in [4.69, 9.17) is 9.47 Å². The van der Waals surface area contributed by atoms with E-state index in [0.717, 1.165) is 25.6 Å².